The topological polar surface area (TPSA) is 145 Å². The smallest absolute Gasteiger partial charge is 0.327 e. The molecule has 0 aromatic carbocycles. The molecule has 0 bridgehead atoms. The molecule has 2 atom stereocenters. The van der Waals surface area contributed by atoms with Gasteiger partial charge in [-0.3, -0.25) is 9.59 Å². The number of carboxylic acids is 2. The van der Waals surface area contributed by atoms with Crippen LogP contribution in [0.25, 0.3) is 0 Å². The van der Waals surface area contributed by atoms with Gasteiger partial charge in [-0.05, 0) is 32.9 Å². The molecule has 0 aliphatic rings. The lowest BCUT2D eigenvalue weighted by molar-refractivity contribution is -0.141. The van der Waals surface area contributed by atoms with Crippen LogP contribution in [0.15, 0.2) is 0 Å². The van der Waals surface area contributed by atoms with Crippen LogP contribution in [0.3, 0.4) is 0 Å². The van der Waals surface area contributed by atoms with E-state index in [1.807, 2.05) is 7.05 Å². The van der Waals surface area contributed by atoms with Crippen LogP contribution in [0, 0.1) is 0 Å². The number of carbonyl (C=O) groups is 4. The van der Waals surface area contributed by atoms with Crippen LogP contribution in [-0.2, 0) is 19.2 Å². The Hall–Kier alpha value is -1.46. The van der Waals surface area contributed by atoms with Crippen molar-refractivity contribution in [3.05, 3.63) is 0 Å². The molecule has 57 heavy (non-hydrogen) atoms. The summed E-state index contributed by atoms with van der Waals surface area (Å²) in [5.74, 6) is -2.51. The summed E-state index contributed by atoms with van der Waals surface area (Å²) in [6.07, 6.45) is 42.2. The predicted molar refractivity (Wildman–Crippen MR) is 245 cm³/mol. The van der Waals surface area contributed by atoms with Crippen LogP contribution in [0.4, 0.5) is 0 Å². The first-order chi connectivity index (χ1) is 27.8. The number of aliphatic carboxylic acids is 2. The molecule has 11 heteroatoms. The molecule has 0 rings (SSSR count). The number of rotatable bonds is 46. The highest BCUT2D eigenvalue weighted by Crippen LogP contribution is 2.24. The second kappa shape index (κ2) is 44.1. The van der Waals surface area contributed by atoms with E-state index in [1.165, 1.54) is 195 Å². The van der Waals surface area contributed by atoms with Crippen LogP contribution in [-0.4, -0.2) is 71.1 Å². The normalized spacial score (nSPS) is 12.4. The molecule has 0 spiro atoms. The fourth-order valence-electron chi connectivity index (χ4n) is 7.19. The van der Waals surface area contributed by atoms with Crippen LogP contribution in [0.2, 0.25) is 0 Å². The first kappa shape index (κ1) is 55.5. The molecule has 0 fully saturated rings. The number of nitrogens with one attached hydrogen (secondary N) is 3. The van der Waals surface area contributed by atoms with E-state index in [1.54, 1.807) is 0 Å². The van der Waals surface area contributed by atoms with Gasteiger partial charge in [-0.1, -0.05) is 221 Å². The predicted octanol–water partition coefficient (Wildman–Crippen LogP) is 12.4. The quantitative estimate of drug-likeness (QED) is 0.0299. The summed E-state index contributed by atoms with van der Waals surface area (Å²) in [7, 11) is 4.42. The van der Waals surface area contributed by atoms with Gasteiger partial charge >= 0.3 is 11.9 Å². The van der Waals surface area contributed by atoms with Crippen LogP contribution < -0.4 is 16.0 Å². The maximum Gasteiger partial charge on any atom is 0.327 e. The van der Waals surface area contributed by atoms with E-state index in [2.05, 4.69) is 22.9 Å². The molecule has 0 heterocycles. The Balaban J connectivity index is 3.82. The summed E-state index contributed by atoms with van der Waals surface area (Å²) in [5, 5.41) is 27.7. The third-order valence-corrected chi connectivity index (χ3v) is 13.3. The van der Waals surface area contributed by atoms with Crippen molar-refractivity contribution >= 4 is 45.3 Å². The highest BCUT2D eigenvalue weighted by atomic mass is 33.1. The van der Waals surface area contributed by atoms with Crippen molar-refractivity contribution < 1.29 is 29.4 Å². The highest BCUT2D eigenvalue weighted by molar-refractivity contribution is 8.76. The molecule has 0 aromatic rings. The Morgan fingerprint density at radius 3 is 0.895 bits per heavy atom. The van der Waals surface area contributed by atoms with Crippen LogP contribution >= 0.6 is 21.6 Å². The van der Waals surface area contributed by atoms with Crippen LogP contribution in [0.1, 0.15) is 232 Å². The highest BCUT2D eigenvalue weighted by Gasteiger charge is 2.23. The van der Waals surface area contributed by atoms with Gasteiger partial charge in [-0.2, -0.15) is 0 Å². The zero-order valence-corrected chi connectivity index (χ0v) is 38.5. The monoisotopic (exact) mass is 844 g/mol. The van der Waals surface area contributed by atoms with Crippen molar-refractivity contribution in [1.82, 2.24) is 16.0 Å². The fraction of sp³-hybridized carbons (Fsp3) is 0.913. The third-order valence-electron chi connectivity index (χ3n) is 10.9. The van der Waals surface area contributed by atoms with Crippen molar-refractivity contribution in [3.8, 4) is 0 Å². The van der Waals surface area contributed by atoms with Gasteiger partial charge < -0.3 is 26.2 Å². The van der Waals surface area contributed by atoms with Gasteiger partial charge in [-0.25, -0.2) is 9.59 Å². The second-order valence-electron chi connectivity index (χ2n) is 16.4. The van der Waals surface area contributed by atoms with Gasteiger partial charge in [0.1, 0.15) is 12.1 Å². The maximum atomic E-state index is 12.4. The van der Waals surface area contributed by atoms with Crippen molar-refractivity contribution in [3.63, 3.8) is 0 Å². The van der Waals surface area contributed by atoms with Crippen molar-refractivity contribution in [1.29, 1.82) is 0 Å². The minimum absolute atomic E-state index is 0.114. The first-order valence-corrected chi connectivity index (χ1v) is 26.2. The average molecular weight is 844 g/mol. The Morgan fingerprint density at radius 2 is 0.649 bits per heavy atom. The number of carboxylic acid groups (broad SMARTS) is 2. The molecule has 0 aliphatic heterocycles. The minimum Gasteiger partial charge on any atom is -0.480 e. The molecule has 336 valence electrons. The summed E-state index contributed by atoms with van der Waals surface area (Å²) in [6, 6.07) is -2.08. The SMILES string of the molecule is CCCCCCCCCCCCCCCCCCCC(=O)NC(CSSCC(NC(=O)CCCCCCCCCCCCCCCCCCNC)C(=O)O)C(=O)O. The number of hydrogen-bond donors (Lipinski definition) is 5. The standard InChI is InChI=1S/C46H89N3O6S2/c1-3-4-5-6-7-8-9-10-11-12-15-18-21-24-27-30-33-36-43(50)48-41(45(52)53)39-56-57-40-42(46(54)55)49-44(51)37-34-31-28-25-22-19-16-13-14-17-20-23-26-29-32-35-38-47-2/h41-42,47H,3-40H2,1-2H3,(H,48,50)(H,49,51)(H,52,53)(H,54,55). The zero-order valence-electron chi connectivity index (χ0n) is 36.9. The van der Waals surface area contributed by atoms with Gasteiger partial charge in [0.05, 0.1) is 0 Å². The molecule has 0 saturated carbocycles. The van der Waals surface area contributed by atoms with Gasteiger partial charge in [0.2, 0.25) is 11.8 Å². The first-order valence-electron chi connectivity index (χ1n) is 23.7. The summed E-state index contributed by atoms with van der Waals surface area (Å²) < 4.78 is 0. The molecule has 0 aliphatic carbocycles. The third kappa shape index (κ3) is 41.1. The molecule has 0 saturated heterocycles. The van der Waals surface area contributed by atoms with Gasteiger partial charge in [0.25, 0.3) is 0 Å². The average Bonchev–Trinajstić information content (AvgIpc) is 3.19. The summed E-state index contributed by atoms with van der Waals surface area (Å²) >= 11 is 0. The van der Waals surface area contributed by atoms with Crippen molar-refractivity contribution in [2.45, 2.75) is 244 Å². The second-order valence-corrected chi connectivity index (χ2v) is 19.0. The zero-order chi connectivity index (χ0) is 41.9. The lowest BCUT2D eigenvalue weighted by Gasteiger charge is -2.16. The molecular formula is C46H89N3O6S2. The summed E-state index contributed by atoms with van der Waals surface area (Å²) in [5.41, 5.74) is 0. The molecular weight excluding hydrogens is 755 g/mol. The molecule has 0 radical (unpaired) electrons. The minimum atomic E-state index is -1.11. The van der Waals surface area contributed by atoms with E-state index in [4.69, 9.17) is 0 Å². The van der Waals surface area contributed by atoms with Crippen molar-refractivity contribution in [2.75, 3.05) is 25.1 Å². The molecule has 5 N–H and O–H groups in total. The van der Waals surface area contributed by atoms with Gasteiger partial charge in [0, 0.05) is 24.3 Å². The number of amides is 2. The lowest BCUT2D eigenvalue weighted by atomic mass is 10.0. The Bertz CT molecular complexity index is 944. The summed E-state index contributed by atoms with van der Waals surface area (Å²) in [4.78, 5) is 48.4. The maximum absolute atomic E-state index is 12.4. The lowest BCUT2D eigenvalue weighted by Crippen LogP contribution is -2.43. The summed E-state index contributed by atoms with van der Waals surface area (Å²) in [6.45, 7) is 3.40. The Labute approximate surface area is 358 Å². The number of carbonyl (C=O) groups excluding carboxylic acids is 2. The number of unbranched alkanes of at least 4 members (excludes halogenated alkanes) is 31. The molecule has 9 nitrogen and oxygen atoms in total. The van der Waals surface area contributed by atoms with E-state index in [-0.39, 0.29) is 23.3 Å². The van der Waals surface area contributed by atoms with E-state index >= 15 is 0 Å². The van der Waals surface area contributed by atoms with Gasteiger partial charge in [-0.15, -0.1) is 0 Å². The van der Waals surface area contributed by atoms with E-state index < -0.39 is 24.0 Å². The van der Waals surface area contributed by atoms with E-state index in [0.29, 0.717) is 12.8 Å². The number of hydrogen-bond acceptors (Lipinski definition) is 7. The molecule has 2 amide bonds. The van der Waals surface area contributed by atoms with E-state index in [9.17, 15) is 29.4 Å². The fourth-order valence-corrected chi connectivity index (χ4v) is 9.50. The largest absolute Gasteiger partial charge is 0.480 e. The molecule has 0 aromatic heterocycles. The molecule has 2 unspecified atom stereocenters. The Kier molecular flexibility index (Phi) is 43.0. The van der Waals surface area contributed by atoms with Gasteiger partial charge in [0.15, 0.2) is 0 Å². The Morgan fingerprint density at radius 1 is 0.404 bits per heavy atom. The van der Waals surface area contributed by atoms with Crippen LogP contribution in [0.5, 0.6) is 0 Å². The van der Waals surface area contributed by atoms with E-state index in [0.717, 1.165) is 45.1 Å². The van der Waals surface area contributed by atoms with Crippen molar-refractivity contribution in [2.24, 2.45) is 0 Å².